The third-order valence-corrected chi connectivity index (χ3v) is 2.76. The van der Waals surface area contributed by atoms with E-state index in [4.69, 9.17) is 9.47 Å². The molecule has 0 spiro atoms. The van der Waals surface area contributed by atoms with Crippen molar-refractivity contribution in [2.45, 2.75) is 38.4 Å². The van der Waals surface area contributed by atoms with Crippen molar-refractivity contribution in [2.75, 3.05) is 13.2 Å². The molecule has 1 aliphatic carbocycles. The molecule has 1 aliphatic heterocycles. The second-order valence-corrected chi connectivity index (χ2v) is 4.51. The predicted molar refractivity (Wildman–Crippen MR) is 69.4 cm³/mol. The van der Waals surface area contributed by atoms with Crippen molar-refractivity contribution in [3.8, 4) is 0 Å². The molecular formula is C14H20O5. The molecule has 0 amide bonds. The second kappa shape index (κ2) is 6.52. The van der Waals surface area contributed by atoms with Crippen molar-refractivity contribution in [2.24, 2.45) is 0 Å². The van der Waals surface area contributed by atoms with Crippen LogP contribution in [0.2, 0.25) is 0 Å². The van der Waals surface area contributed by atoms with Crippen molar-refractivity contribution in [1.29, 1.82) is 0 Å². The number of hydrogen-bond acceptors (Lipinski definition) is 5. The average Bonchev–Trinajstić information content (AvgIpc) is 3.22. The molecule has 2 aliphatic rings. The summed E-state index contributed by atoms with van der Waals surface area (Å²) in [4.78, 5) is 21.2. The molecule has 1 unspecified atom stereocenters. The molecule has 2 rings (SSSR count). The Labute approximate surface area is 113 Å². The van der Waals surface area contributed by atoms with E-state index in [1.54, 1.807) is 13.8 Å². The van der Waals surface area contributed by atoms with Crippen LogP contribution >= 0.6 is 0 Å². The van der Waals surface area contributed by atoms with Crippen LogP contribution in [0.3, 0.4) is 0 Å². The van der Waals surface area contributed by atoms with Crippen LogP contribution in [-0.4, -0.2) is 36.9 Å². The highest BCUT2D eigenvalue weighted by Crippen LogP contribution is 2.48. The molecule has 0 bridgehead atoms. The van der Waals surface area contributed by atoms with Crippen LogP contribution in [0.4, 0.5) is 0 Å². The topological polar surface area (TPSA) is 65.1 Å². The number of carbonyl (C=O) groups is 2. The molecule has 0 aromatic carbocycles. The predicted octanol–water partition coefficient (Wildman–Crippen LogP) is 1.77. The molecule has 2 fully saturated rings. The minimum Gasteiger partial charge on any atom is -0.463 e. The Morgan fingerprint density at radius 1 is 1.47 bits per heavy atom. The second-order valence-electron chi connectivity index (χ2n) is 4.51. The molecule has 1 atom stereocenters. The van der Waals surface area contributed by atoms with Crippen LogP contribution in [-0.2, 0) is 23.8 Å². The average molecular weight is 268 g/mol. The van der Waals surface area contributed by atoms with E-state index in [0.717, 1.165) is 25.5 Å². The maximum absolute atomic E-state index is 11.2. The summed E-state index contributed by atoms with van der Waals surface area (Å²) in [5, 5.41) is 0. The molecule has 5 heteroatoms. The lowest BCUT2D eigenvalue weighted by molar-refractivity contribution is -0.147. The first-order chi connectivity index (χ1) is 8.95. The summed E-state index contributed by atoms with van der Waals surface area (Å²) in [7, 11) is 0. The zero-order chi connectivity index (χ0) is 14.5. The Morgan fingerprint density at radius 3 is 2.32 bits per heavy atom. The number of ether oxygens (including phenoxy) is 3. The third-order valence-electron chi connectivity index (χ3n) is 2.76. The van der Waals surface area contributed by atoms with Gasteiger partial charge in [-0.2, -0.15) is 0 Å². The molecule has 0 aromatic heterocycles. The zero-order valence-corrected chi connectivity index (χ0v) is 11.4. The maximum atomic E-state index is 11.2. The quantitative estimate of drug-likeness (QED) is 0.432. The first-order valence-corrected chi connectivity index (χ1v) is 6.25. The molecule has 0 N–H and O–H groups in total. The molecule has 1 saturated heterocycles. The summed E-state index contributed by atoms with van der Waals surface area (Å²) in [6.45, 7) is 11.3. The van der Waals surface area contributed by atoms with Crippen LogP contribution in [0.5, 0.6) is 0 Å². The van der Waals surface area contributed by atoms with Crippen LogP contribution in [0, 0.1) is 0 Å². The van der Waals surface area contributed by atoms with Gasteiger partial charge < -0.3 is 14.2 Å². The van der Waals surface area contributed by atoms with Crippen LogP contribution in [0.15, 0.2) is 24.8 Å². The fourth-order valence-electron chi connectivity index (χ4n) is 1.44. The summed E-state index contributed by atoms with van der Waals surface area (Å²) in [5.41, 5.74) is 0.192. The summed E-state index contributed by atoms with van der Waals surface area (Å²) in [6.07, 6.45) is 3.19. The van der Waals surface area contributed by atoms with Gasteiger partial charge in [0.1, 0.15) is 11.7 Å². The van der Waals surface area contributed by atoms with E-state index in [0.29, 0.717) is 12.2 Å². The van der Waals surface area contributed by atoms with Gasteiger partial charge in [0.15, 0.2) is 0 Å². The van der Waals surface area contributed by atoms with Gasteiger partial charge in [-0.1, -0.05) is 13.2 Å². The minimum atomic E-state index is -0.359. The molecule has 5 nitrogen and oxygen atoms in total. The number of carbonyl (C=O) groups excluding carboxylic acids is 2. The first kappa shape index (κ1) is 15.4. The standard InChI is InChI=1S/C9H12O3.C5H8O2/c1-6(2)8(10)12-9(3-4-9)7-5-11-7;1-3-5(6)7-4-2/h7H,1,3-5H2,2H3;3H,1,4H2,2H3. The van der Waals surface area contributed by atoms with Crippen molar-refractivity contribution >= 4 is 11.9 Å². The lowest BCUT2D eigenvalue weighted by atomic mass is 10.2. The van der Waals surface area contributed by atoms with Crippen LogP contribution in [0.1, 0.15) is 26.7 Å². The van der Waals surface area contributed by atoms with Crippen LogP contribution in [0.25, 0.3) is 0 Å². The highest BCUT2D eigenvalue weighted by molar-refractivity contribution is 5.87. The molecule has 1 heterocycles. The van der Waals surface area contributed by atoms with Crippen molar-refractivity contribution in [1.82, 2.24) is 0 Å². The molecule has 0 radical (unpaired) electrons. The Morgan fingerprint density at radius 2 is 2.05 bits per heavy atom. The number of rotatable bonds is 5. The number of esters is 2. The smallest absolute Gasteiger partial charge is 0.333 e. The monoisotopic (exact) mass is 268 g/mol. The van der Waals surface area contributed by atoms with Gasteiger partial charge in [-0.15, -0.1) is 0 Å². The lowest BCUT2D eigenvalue weighted by Crippen LogP contribution is -2.25. The Kier molecular flexibility index (Phi) is 5.30. The first-order valence-electron chi connectivity index (χ1n) is 6.25. The van der Waals surface area contributed by atoms with E-state index in [9.17, 15) is 9.59 Å². The van der Waals surface area contributed by atoms with Crippen molar-refractivity contribution in [3.63, 3.8) is 0 Å². The largest absolute Gasteiger partial charge is 0.463 e. The molecular weight excluding hydrogens is 248 g/mol. The third kappa shape index (κ3) is 4.87. The van der Waals surface area contributed by atoms with Crippen molar-refractivity contribution < 1.29 is 23.8 Å². The maximum Gasteiger partial charge on any atom is 0.333 e. The molecule has 19 heavy (non-hydrogen) atoms. The highest BCUT2D eigenvalue weighted by atomic mass is 16.6. The lowest BCUT2D eigenvalue weighted by Gasteiger charge is -2.13. The molecule has 0 aromatic rings. The SMILES string of the molecule is C=C(C)C(=O)OC1(C2CO2)CC1.C=CC(=O)OCC. The van der Waals surface area contributed by atoms with Gasteiger partial charge in [0, 0.05) is 11.6 Å². The van der Waals surface area contributed by atoms with E-state index in [2.05, 4.69) is 17.9 Å². The Bertz CT molecular complexity index is 377. The molecule has 106 valence electrons. The number of hydrogen-bond donors (Lipinski definition) is 0. The summed E-state index contributed by atoms with van der Waals surface area (Å²) < 4.78 is 14.8. The highest BCUT2D eigenvalue weighted by Gasteiger charge is 2.59. The molecule has 1 saturated carbocycles. The number of epoxide rings is 1. The summed E-state index contributed by atoms with van der Waals surface area (Å²) in [6, 6.07) is 0. The van der Waals surface area contributed by atoms with Gasteiger partial charge in [-0.25, -0.2) is 9.59 Å². The normalized spacial score (nSPS) is 21.3. The summed E-state index contributed by atoms with van der Waals surface area (Å²) in [5.74, 6) is -0.648. The minimum absolute atomic E-state index is 0.167. The van der Waals surface area contributed by atoms with Crippen LogP contribution < -0.4 is 0 Å². The van der Waals surface area contributed by atoms with Gasteiger partial charge >= 0.3 is 11.9 Å². The van der Waals surface area contributed by atoms with Crippen molar-refractivity contribution in [3.05, 3.63) is 24.8 Å². The van der Waals surface area contributed by atoms with Gasteiger partial charge in [0.25, 0.3) is 0 Å². The van der Waals surface area contributed by atoms with Gasteiger partial charge in [-0.3, -0.25) is 0 Å². The Balaban J connectivity index is 0.000000224. The van der Waals surface area contributed by atoms with E-state index < -0.39 is 0 Å². The Hall–Kier alpha value is -1.62. The van der Waals surface area contributed by atoms with Gasteiger partial charge in [0.2, 0.25) is 0 Å². The van der Waals surface area contributed by atoms with Gasteiger partial charge in [0.05, 0.1) is 13.2 Å². The van der Waals surface area contributed by atoms with E-state index in [1.165, 1.54) is 0 Å². The fourth-order valence-corrected chi connectivity index (χ4v) is 1.44. The van der Waals surface area contributed by atoms with E-state index >= 15 is 0 Å². The van der Waals surface area contributed by atoms with E-state index in [1.807, 2.05) is 0 Å². The van der Waals surface area contributed by atoms with E-state index in [-0.39, 0.29) is 23.6 Å². The van der Waals surface area contributed by atoms with Gasteiger partial charge in [-0.05, 0) is 26.7 Å². The fraction of sp³-hybridized carbons (Fsp3) is 0.571. The summed E-state index contributed by atoms with van der Waals surface area (Å²) >= 11 is 0. The zero-order valence-electron chi connectivity index (χ0n) is 11.4.